The standard InChI is InChI=1S/C9H10F2N2O/c1-6-2-3-7(4-12-6)9(14)13-5-8(10)11/h2-4,8H,5H2,1H3,(H,13,14). The van der Waals surface area contributed by atoms with Crippen molar-refractivity contribution in [2.75, 3.05) is 6.54 Å². The van der Waals surface area contributed by atoms with Gasteiger partial charge in [-0.25, -0.2) is 8.78 Å². The Kier molecular flexibility index (Phi) is 3.50. The molecule has 0 bridgehead atoms. The van der Waals surface area contributed by atoms with Crippen molar-refractivity contribution in [2.45, 2.75) is 13.3 Å². The number of hydrogen-bond donors (Lipinski definition) is 1. The third-order valence-corrected chi connectivity index (χ3v) is 1.59. The van der Waals surface area contributed by atoms with E-state index in [0.717, 1.165) is 5.69 Å². The summed E-state index contributed by atoms with van der Waals surface area (Å²) in [5.74, 6) is -0.530. The van der Waals surface area contributed by atoms with Gasteiger partial charge in [-0.2, -0.15) is 0 Å². The number of hydrogen-bond acceptors (Lipinski definition) is 2. The quantitative estimate of drug-likeness (QED) is 0.801. The Hall–Kier alpha value is -1.52. The van der Waals surface area contributed by atoms with Gasteiger partial charge in [0.1, 0.15) is 0 Å². The molecule has 0 atom stereocenters. The fraction of sp³-hybridized carbons (Fsp3) is 0.333. The molecule has 1 amide bonds. The molecule has 0 fully saturated rings. The molecule has 1 aromatic heterocycles. The van der Waals surface area contributed by atoms with E-state index in [1.54, 1.807) is 19.1 Å². The van der Waals surface area contributed by atoms with Gasteiger partial charge in [-0.05, 0) is 19.1 Å². The van der Waals surface area contributed by atoms with Crippen LogP contribution in [0.5, 0.6) is 0 Å². The number of amides is 1. The van der Waals surface area contributed by atoms with Crippen LogP contribution in [0.2, 0.25) is 0 Å². The van der Waals surface area contributed by atoms with Crippen LogP contribution in [0.4, 0.5) is 8.78 Å². The van der Waals surface area contributed by atoms with Gasteiger partial charge in [-0.3, -0.25) is 9.78 Å². The molecule has 76 valence electrons. The predicted molar refractivity (Wildman–Crippen MR) is 47.3 cm³/mol. The number of aryl methyl sites for hydroxylation is 1. The molecule has 3 nitrogen and oxygen atoms in total. The molecule has 0 radical (unpaired) electrons. The van der Waals surface area contributed by atoms with Crippen LogP contribution in [0.1, 0.15) is 16.1 Å². The van der Waals surface area contributed by atoms with Crippen LogP contribution in [-0.4, -0.2) is 23.9 Å². The first-order valence-electron chi connectivity index (χ1n) is 4.08. The zero-order valence-electron chi connectivity index (χ0n) is 7.63. The molecule has 14 heavy (non-hydrogen) atoms. The number of carbonyl (C=O) groups excluding carboxylic acids is 1. The van der Waals surface area contributed by atoms with Crippen molar-refractivity contribution >= 4 is 5.91 Å². The van der Waals surface area contributed by atoms with Crippen LogP contribution in [0.25, 0.3) is 0 Å². The first-order chi connectivity index (χ1) is 6.59. The van der Waals surface area contributed by atoms with Crippen molar-refractivity contribution in [1.82, 2.24) is 10.3 Å². The molecule has 0 saturated carbocycles. The Balaban J connectivity index is 2.57. The monoisotopic (exact) mass is 200 g/mol. The number of rotatable bonds is 3. The molecule has 0 saturated heterocycles. The lowest BCUT2D eigenvalue weighted by atomic mass is 10.2. The smallest absolute Gasteiger partial charge is 0.255 e. The molecule has 1 heterocycles. The molecule has 0 unspecified atom stereocenters. The van der Waals surface area contributed by atoms with Crippen LogP contribution in [-0.2, 0) is 0 Å². The molecule has 0 aliphatic heterocycles. The van der Waals surface area contributed by atoms with E-state index < -0.39 is 18.9 Å². The van der Waals surface area contributed by atoms with E-state index >= 15 is 0 Å². The van der Waals surface area contributed by atoms with Crippen molar-refractivity contribution < 1.29 is 13.6 Å². The number of pyridine rings is 1. The van der Waals surface area contributed by atoms with E-state index in [0.29, 0.717) is 0 Å². The molecule has 0 aliphatic rings. The third-order valence-electron chi connectivity index (χ3n) is 1.59. The first-order valence-corrected chi connectivity index (χ1v) is 4.08. The summed E-state index contributed by atoms with van der Waals surface area (Å²) in [6.45, 7) is 1.15. The summed E-state index contributed by atoms with van der Waals surface area (Å²) in [4.78, 5) is 15.1. The van der Waals surface area contributed by atoms with Gasteiger partial charge in [0.05, 0.1) is 12.1 Å². The minimum atomic E-state index is -2.53. The Bertz CT molecular complexity index is 311. The first kappa shape index (κ1) is 10.6. The zero-order chi connectivity index (χ0) is 10.6. The number of nitrogens with one attached hydrogen (secondary N) is 1. The van der Waals surface area contributed by atoms with Crippen LogP contribution in [0.3, 0.4) is 0 Å². The molecular formula is C9H10F2N2O. The molecule has 1 N–H and O–H groups in total. The molecule has 0 aliphatic carbocycles. The van der Waals surface area contributed by atoms with E-state index in [4.69, 9.17) is 0 Å². The van der Waals surface area contributed by atoms with Gasteiger partial charge >= 0.3 is 0 Å². The van der Waals surface area contributed by atoms with Gasteiger partial charge in [-0.15, -0.1) is 0 Å². The van der Waals surface area contributed by atoms with Gasteiger partial charge in [0.15, 0.2) is 0 Å². The second-order valence-electron chi connectivity index (χ2n) is 2.79. The maximum atomic E-state index is 11.7. The molecule has 0 spiro atoms. The summed E-state index contributed by atoms with van der Waals surface area (Å²) >= 11 is 0. The highest BCUT2D eigenvalue weighted by atomic mass is 19.3. The average molecular weight is 200 g/mol. The van der Waals surface area contributed by atoms with Gasteiger partial charge in [0, 0.05) is 11.9 Å². The fourth-order valence-electron chi connectivity index (χ4n) is 0.874. The SMILES string of the molecule is Cc1ccc(C(=O)NCC(F)F)cn1. The molecular weight excluding hydrogens is 190 g/mol. The highest BCUT2D eigenvalue weighted by Crippen LogP contribution is 1.99. The third kappa shape index (κ3) is 3.08. The van der Waals surface area contributed by atoms with Crippen molar-refractivity contribution in [1.29, 1.82) is 0 Å². The van der Waals surface area contributed by atoms with E-state index in [1.807, 2.05) is 0 Å². The number of halogens is 2. The Morgan fingerprint density at radius 2 is 2.29 bits per heavy atom. The normalized spacial score (nSPS) is 10.3. The van der Waals surface area contributed by atoms with Gasteiger partial charge in [-0.1, -0.05) is 0 Å². The number of nitrogens with zero attached hydrogens (tertiary/aromatic N) is 1. The predicted octanol–water partition coefficient (Wildman–Crippen LogP) is 1.38. The van der Waals surface area contributed by atoms with E-state index in [1.165, 1.54) is 6.20 Å². The number of aromatic nitrogens is 1. The minimum Gasteiger partial charge on any atom is -0.346 e. The molecule has 0 aromatic carbocycles. The van der Waals surface area contributed by atoms with Crippen LogP contribution < -0.4 is 5.32 Å². The molecule has 5 heteroatoms. The van der Waals surface area contributed by atoms with Crippen LogP contribution >= 0.6 is 0 Å². The highest BCUT2D eigenvalue weighted by molar-refractivity contribution is 5.93. The summed E-state index contributed by atoms with van der Waals surface area (Å²) in [6.07, 6.45) is -1.17. The van der Waals surface area contributed by atoms with E-state index in [-0.39, 0.29) is 5.56 Å². The highest BCUT2D eigenvalue weighted by Gasteiger charge is 2.08. The summed E-state index contributed by atoms with van der Waals surface area (Å²) in [5.41, 5.74) is 1.06. The second-order valence-corrected chi connectivity index (χ2v) is 2.79. The maximum absolute atomic E-state index is 11.7. The number of carbonyl (C=O) groups is 1. The lowest BCUT2D eigenvalue weighted by molar-refractivity contribution is 0.0891. The zero-order valence-corrected chi connectivity index (χ0v) is 7.63. The van der Waals surface area contributed by atoms with E-state index in [2.05, 4.69) is 10.3 Å². The van der Waals surface area contributed by atoms with Crippen molar-refractivity contribution in [3.63, 3.8) is 0 Å². The van der Waals surface area contributed by atoms with Crippen molar-refractivity contribution in [2.24, 2.45) is 0 Å². The van der Waals surface area contributed by atoms with E-state index in [9.17, 15) is 13.6 Å². The summed E-state index contributed by atoms with van der Waals surface area (Å²) in [6, 6.07) is 3.19. The van der Waals surface area contributed by atoms with Gasteiger partial charge in [0.2, 0.25) is 0 Å². The largest absolute Gasteiger partial charge is 0.346 e. The Morgan fingerprint density at radius 1 is 1.57 bits per heavy atom. The van der Waals surface area contributed by atoms with Gasteiger partial charge in [0.25, 0.3) is 12.3 Å². The van der Waals surface area contributed by atoms with Gasteiger partial charge < -0.3 is 5.32 Å². The maximum Gasteiger partial charge on any atom is 0.255 e. The Labute approximate surface area is 80.2 Å². The lowest BCUT2D eigenvalue weighted by Gasteiger charge is -2.03. The minimum absolute atomic E-state index is 0.288. The topological polar surface area (TPSA) is 42.0 Å². The Morgan fingerprint density at radius 3 is 2.79 bits per heavy atom. The number of alkyl halides is 2. The van der Waals surface area contributed by atoms with Crippen molar-refractivity contribution in [3.05, 3.63) is 29.6 Å². The fourth-order valence-corrected chi connectivity index (χ4v) is 0.874. The molecule has 1 aromatic rings. The molecule has 1 rings (SSSR count). The summed E-state index contributed by atoms with van der Waals surface area (Å²) < 4.78 is 23.5. The summed E-state index contributed by atoms with van der Waals surface area (Å²) in [7, 11) is 0. The van der Waals surface area contributed by atoms with Crippen LogP contribution in [0.15, 0.2) is 18.3 Å². The summed E-state index contributed by atoms with van der Waals surface area (Å²) in [5, 5.41) is 2.09. The van der Waals surface area contributed by atoms with Crippen LogP contribution in [0, 0.1) is 6.92 Å². The average Bonchev–Trinajstić information content (AvgIpc) is 2.15. The second kappa shape index (κ2) is 4.64. The van der Waals surface area contributed by atoms with Crippen molar-refractivity contribution in [3.8, 4) is 0 Å². The lowest BCUT2D eigenvalue weighted by Crippen LogP contribution is -2.28.